The van der Waals surface area contributed by atoms with Crippen LogP contribution in [0.1, 0.15) is 180 Å². The van der Waals surface area contributed by atoms with E-state index in [1.807, 2.05) is 0 Å². The minimum Gasteiger partial charge on any atom is -0.0811 e. The van der Waals surface area contributed by atoms with Gasteiger partial charge in [0.2, 0.25) is 0 Å². The van der Waals surface area contributed by atoms with Crippen LogP contribution < -0.4 is 0 Å². The molecule has 1 rings (SSSR count). The molecule has 0 aromatic heterocycles. The Morgan fingerprint density at radius 2 is 0.500 bits per heavy atom. The third-order valence-corrected chi connectivity index (χ3v) is 7.06. The SMILES string of the molecule is [C]1=C\CCCCCCCCCCCCCCCCCCCCCCCCCCCC/1. The van der Waals surface area contributed by atoms with Gasteiger partial charge in [-0.3, -0.25) is 0 Å². The van der Waals surface area contributed by atoms with E-state index in [1.54, 1.807) is 0 Å². The highest BCUT2D eigenvalue weighted by Crippen LogP contribution is 2.16. The molecule has 0 amide bonds. The molecule has 0 aromatic rings. The van der Waals surface area contributed by atoms with Crippen LogP contribution in [-0.4, -0.2) is 0 Å². The van der Waals surface area contributed by atoms with Gasteiger partial charge in [0.25, 0.3) is 0 Å². The Bertz CT molecular complexity index is 297. The Balaban J connectivity index is 2.04. The monoisotopic (exact) mass is 417 g/mol. The maximum absolute atomic E-state index is 3.54. The van der Waals surface area contributed by atoms with Crippen LogP contribution in [0, 0.1) is 6.08 Å². The van der Waals surface area contributed by atoms with Crippen LogP contribution in [0.25, 0.3) is 0 Å². The quantitative estimate of drug-likeness (QED) is 0.367. The van der Waals surface area contributed by atoms with Crippen LogP contribution in [0.3, 0.4) is 0 Å². The van der Waals surface area contributed by atoms with E-state index in [2.05, 4.69) is 12.2 Å². The number of hydrogen-bond donors (Lipinski definition) is 0. The molecule has 1 aliphatic carbocycles. The fourth-order valence-corrected chi connectivity index (χ4v) is 4.92. The van der Waals surface area contributed by atoms with E-state index in [4.69, 9.17) is 0 Å². The standard InChI is InChI=1S/C30H57/c1-2-4-6-8-10-12-14-16-18-20-22-24-26-28-30-29-27-25-23-21-19-17-15-13-11-9-7-5-3-1/h1H,2,4-30H2. The van der Waals surface area contributed by atoms with Gasteiger partial charge in [-0.15, -0.1) is 0 Å². The maximum atomic E-state index is 3.54. The average Bonchev–Trinajstić information content (AvgIpc) is 2.76. The third-order valence-electron chi connectivity index (χ3n) is 7.06. The van der Waals surface area contributed by atoms with Gasteiger partial charge >= 0.3 is 0 Å². The highest BCUT2D eigenvalue weighted by Gasteiger charge is 1.96. The van der Waals surface area contributed by atoms with Crippen molar-refractivity contribution >= 4 is 0 Å². The van der Waals surface area contributed by atoms with Crippen molar-refractivity contribution in [2.75, 3.05) is 0 Å². The predicted octanol–water partition coefficient (Wildman–Crippen LogP) is 11.3. The molecule has 0 heterocycles. The molecule has 0 aliphatic heterocycles. The van der Waals surface area contributed by atoms with Gasteiger partial charge in [-0.2, -0.15) is 0 Å². The van der Waals surface area contributed by atoms with Gasteiger partial charge in [0.15, 0.2) is 0 Å². The van der Waals surface area contributed by atoms with Crippen LogP contribution in [0.4, 0.5) is 0 Å². The minimum atomic E-state index is 1.19. The molecule has 0 fully saturated rings. The van der Waals surface area contributed by atoms with Crippen molar-refractivity contribution in [1.29, 1.82) is 0 Å². The smallest absolute Gasteiger partial charge is 0.0279 e. The van der Waals surface area contributed by atoms with Crippen molar-refractivity contribution in [2.24, 2.45) is 0 Å². The molecule has 0 spiro atoms. The first kappa shape index (κ1) is 27.8. The van der Waals surface area contributed by atoms with Gasteiger partial charge in [-0.1, -0.05) is 160 Å². The van der Waals surface area contributed by atoms with E-state index in [1.165, 1.54) is 180 Å². The lowest BCUT2D eigenvalue weighted by Crippen LogP contribution is -1.85. The van der Waals surface area contributed by atoms with Crippen LogP contribution in [0.2, 0.25) is 0 Å². The Morgan fingerprint density at radius 1 is 0.267 bits per heavy atom. The summed E-state index contributed by atoms with van der Waals surface area (Å²) >= 11 is 0. The van der Waals surface area contributed by atoms with Gasteiger partial charge in [0.05, 0.1) is 0 Å². The molecule has 30 heavy (non-hydrogen) atoms. The first-order valence-electron chi connectivity index (χ1n) is 14.6. The normalized spacial score (nSPS) is 24.5. The highest BCUT2D eigenvalue weighted by molar-refractivity contribution is 4.73. The van der Waals surface area contributed by atoms with Gasteiger partial charge < -0.3 is 0 Å². The van der Waals surface area contributed by atoms with Crippen molar-refractivity contribution in [3.63, 3.8) is 0 Å². The van der Waals surface area contributed by atoms with E-state index in [0.717, 1.165) is 0 Å². The zero-order valence-electron chi connectivity index (χ0n) is 20.9. The zero-order valence-corrected chi connectivity index (χ0v) is 20.9. The molecule has 1 radical (unpaired) electrons. The second kappa shape index (κ2) is 25.0. The first-order valence-corrected chi connectivity index (χ1v) is 14.6. The van der Waals surface area contributed by atoms with Crippen molar-refractivity contribution < 1.29 is 0 Å². The van der Waals surface area contributed by atoms with Crippen LogP contribution in [0.15, 0.2) is 6.08 Å². The summed E-state index contributed by atoms with van der Waals surface area (Å²) in [6, 6.07) is 0. The third kappa shape index (κ3) is 22.4. The van der Waals surface area contributed by atoms with Crippen molar-refractivity contribution in [3.8, 4) is 0 Å². The summed E-state index contributed by atoms with van der Waals surface area (Å²) in [6.07, 6.45) is 46.5. The molecular weight excluding hydrogens is 360 g/mol. The van der Waals surface area contributed by atoms with Crippen LogP contribution in [-0.2, 0) is 0 Å². The Kier molecular flexibility index (Phi) is 23.1. The summed E-state index contributed by atoms with van der Waals surface area (Å²) in [5, 5.41) is 0. The molecule has 177 valence electrons. The van der Waals surface area contributed by atoms with Crippen molar-refractivity contribution in [1.82, 2.24) is 0 Å². The van der Waals surface area contributed by atoms with E-state index in [0.29, 0.717) is 0 Å². The molecule has 0 aromatic carbocycles. The van der Waals surface area contributed by atoms with Crippen LogP contribution >= 0.6 is 0 Å². The minimum absolute atomic E-state index is 1.19. The number of hydrogen-bond acceptors (Lipinski definition) is 0. The number of allylic oxidation sites excluding steroid dienone is 2. The second-order valence-corrected chi connectivity index (χ2v) is 10.1. The largest absolute Gasteiger partial charge is 0.0811 e. The fraction of sp³-hybridized carbons (Fsp3) is 0.933. The van der Waals surface area contributed by atoms with Gasteiger partial charge in [-0.05, 0) is 31.8 Å². The van der Waals surface area contributed by atoms with E-state index in [9.17, 15) is 0 Å². The summed E-state index contributed by atoms with van der Waals surface area (Å²) in [6.45, 7) is 0. The summed E-state index contributed by atoms with van der Waals surface area (Å²) in [7, 11) is 0. The molecule has 0 atom stereocenters. The Hall–Kier alpha value is -0.260. The lowest BCUT2D eigenvalue weighted by molar-refractivity contribution is 0.514. The Labute approximate surface area is 192 Å². The van der Waals surface area contributed by atoms with Gasteiger partial charge in [0, 0.05) is 0 Å². The highest BCUT2D eigenvalue weighted by atomic mass is 14.0. The lowest BCUT2D eigenvalue weighted by atomic mass is 10.0. The molecule has 0 unspecified atom stereocenters. The van der Waals surface area contributed by atoms with Crippen molar-refractivity contribution in [3.05, 3.63) is 12.2 Å². The molecule has 0 bridgehead atoms. The topological polar surface area (TPSA) is 0 Å². The average molecular weight is 418 g/mol. The lowest BCUT2D eigenvalue weighted by Gasteiger charge is -2.04. The molecule has 0 saturated carbocycles. The Morgan fingerprint density at radius 3 is 0.800 bits per heavy atom. The molecule has 0 saturated heterocycles. The van der Waals surface area contributed by atoms with Gasteiger partial charge in [-0.25, -0.2) is 0 Å². The van der Waals surface area contributed by atoms with Crippen LogP contribution in [0.5, 0.6) is 0 Å². The second-order valence-electron chi connectivity index (χ2n) is 10.1. The summed E-state index contributed by atoms with van der Waals surface area (Å²) in [5.41, 5.74) is 0. The summed E-state index contributed by atoms with van der Waals surface area (Å²) < 4.78 is 0. The maximum Gasteiger partial charge on any atom is -0.0279 e. The molecule has 0 N–H and O–H groups in total. The van der Waals surface area contributed by atoms with E-state index >= 15 is 0 Å². The summed E-state index contributed by atoms with van der Waals surface area (Å²) in [4.78, 5) is 0. The van der Waals surface area contributed by atoms with Gasteiger partial charge in [0.1, 0.15) is 0 Å². The molecule has 0 nitrogen and oxygen atoms in total. The fourth-order valence-electron chi connectivity index (χ4n) is 4.92. The van der Waals surface area contributed by atoms with Crippen molar-refractivity contribution in [2.45, 2.75) is 180 Å². The summed E-state index contributed by atoms with van der Waals surface area (Å²) in [5.74, 6) is 0. The first-order chi connectivity index (χ1) is 15.0. The number of rotatable bonds is 0. The predicted molar refractivity (Wildman–Crippen MR) is 137 cm³/mol. The molecule has 0 heteroatoms. The molecular formula is C30H57. The zero-order chi connectivity index (χ0) is 21.2. The van der Waals surface area contributed by atoms with E-state index in [-0.39, 0.29) is 0 Å². The van der Waals surface area contributed by atoms with E-state index < -0.39 is 0 Å². The molecule has 1 aliphatic rings.